The Kier molecular flexibility index (Phi) is 7.24. The molecule has 0 N–H and O–H groups in total. The van der Waals surface area contributed by atoms with Crippen LogP contribution < -0.4 is 0 Å². The van der Waals surface area contributed by atoms with Crippen molar-refractivity contribution in [3.05, 3.63) is 38.9 Å². The van der Waals surface area contributed by atoms with Crippen molar-refractivity contribution < 1.29 is 0 Å². The lowest BCUT2D eigenvalue weighted by Gasteiger charge is -2.45. The van der Waals surface area contributed by atoms with E-state index < -0.39 is 0 Å². The zero-order chi connectivity index (χ0) is 25.8. The van der Waals surface area contributed by atoms with Crippen LogP contribution in [0.1, 0.15) is 108 Å². The molecule has 2 aliphatic heterocycles. The average Bonchev–Trinajstić information content (AvgIpc) is 3.21. The van der Waals surface area contributed by atoms with E-state index in [0.717, 1.165) is 57.7 Å². The van der Waals surface area contributed by atoms with E-state index in [4.69, 9.17) is 27.6 Å². The first-order valence-electron chi connectivity index (χ1n) is 13.1. The van der Waals surface area contributed by atoms with Crippen LogP contribution in [0.4, 0.5) is 0 Å². The molecule has 35 heavy (non-hydrogen) atoms. The minimum atomic E-state index is -0.140. The summed E-state index contributed by atoms with van der Waals surface area (Å²) in [5.74, 6) is 0.954. The number of thiazole rings is 1. The topological polar surface area (TPSA) is 45.2 Å². The van der Waals surface area contributed by atoms with Gasteiger partial charge < -0.3 is 0 Å². The fourth-order valence-corrected chi connectivity index (χ4v) is 6.44. The summed E-state index contributed by atoms with van der Waals surface area (Å²) < 4.78 is 0. The lowest BCUT2D eigenvalue weighted by atomic mass is 9.90. The van der Waals surface area contributed by atoms with Crippen molar-refractivity contribution in [1.29, 1.82) is 0 Å². The van der Waals surface area contributed by atoms with Crippen LogP contribution in [0.15, 0.2) is 6.20 Å². The molecule has 2 aromatic heterocycles. The van der Waals surface area contributed by atoms with Gasteiger partial charge in [-0.1, -0.05) is 41.5 Å². The van der Waals surface area contributed by atoms with Gasteiger partial charge in [-0.25, -0.2) is 15.0 Å². The van der Waals surface area contributed by atoms with Crippen molar-refractivity contribution in [2.24, 2.45) is 0 Å². The molecule has 0 saturated carbocycles. The highest BCUT2D eigenvalue weighted by atomic mass is 32.1. The summed E-state index contributed by atoms with van der Waals surface area (Å²) in [7, 11) is 0. The van der Waals surface area contributed by atoms with Gasteiger partial charge in [0, 0.05) is 77.7 Å². The van der Waals surface area contributed by atoms with E-state index in [1.165, 1.54) is 26.8 Å². The number of nitrogens with zero attached hydrogens (tertiary/aromatic N) is 5. The van der Waals surface area contributed by atoms with Gasteiger partial charge in [-0.05, 0) is 33.6 Å². The highest BCUT2D eigenvalue weighted by molar-refractivity contribution is 7.81. The number of aromatic nitrogens is 3. The van der Waals surface area contributed by atoms with Crippen LogP contribution in [-0.2, 0) is 36.8 Å². The molecule has 0 spiro atoms. The molecule has 0 radical (unpaired) electrons. The summed E-state index contributed by atoms with van der Waals surface area (Å²) in [6, 6.07) is 0. The van der Waals surface area contributed by atoms with E-state index in [9.17, 15) is 0 Å². The number of fused-ring (bicyclic) bond motifs is 2. The molecule has 0 aliphatic carbocycles. The Labute approximate surface area is 222 Å². The van der Waals surface area contributed by atoms with Gasteiger partial charge in [-0.2, -0.15) is 12.6 Å². The third kappa shape index (κ3) is 5.94. The maximum Gasteiger partial charge on any atom is 0.133 e. The summed E-state index contributed by atoms with van der Waals surface area (Å²) in [5.41, 5.74) is 4.03. The van der Waals surface area contributed by atoms with E-state index in [1.807, 2.05) is 11.3 Å². The zero-order valence-electron chi connectivity index (χ0n) is 23.3. The molecule has 0 fully saturated rings. The Morgan fingerprint density at radius 1 is 0.829 bits per heavy atom. The number of hydrogen-bond acceptors (Lipinski definition) is 7. The highest BCUT2D eigenvalue weighted by Gasteiger charge is 2.37. The highest BCUT2D eigenvalue weighted by Crippen LogP contribution is 2.38. The predicted octanol–water partition coefficient (Wildman–Crippen LogP) is 6.15. The van der Waals surface area contributed by atoms with E-state index in [-0.39, 0.29) is 21.2 Å². The molecule has 5 nitrogen and oxygen atoms in total. The maximum atomic E-state index is 5.22. The van der Waals surface area contributed by atoms with Crippen LogP contribution in [0.25, 0.3) is 0 Å². The van der Waals surface area contributed by atoms with Crippen LogP contribution in [-0.4, -0.2) is 48.3 Å². The van der Waals surface area contributed by atoms with E-state index >= 15 is 0 Å². The van der Waals surface area contributed by atoms with Crippen molar-refractivity contribution in [3.8, 4) is 0 Å². The normalized spacial score (nSPS) is 19.8. The second-order valence-electron chi connectivity index (χ2n) is 13.4. The van der Waals surface area contributed by atoms with Gasteiger partial charge in [0.05, 0.1) is 15.6 Å². The fraction of sp³-hybridized carbons (Fsp3) is 0.750. The van der Waals surface area contributed by atoms with Crippen LogP contribution >= 0.6 is 24.0 Å². The quantitative estimate of drug-likeness (QED) is 0.484. The van der Waals surface area contributed by atoms with Gasteiger partial charge in [0.1, 0.15) is 5.82 Å². The standard InChI is InChI=1S/C28H45N5S2/c1-25(2,3)23-29-16-19-17-32(14-10-20(19)30-23)27(7,8)12-13-28(9,34)33-15-11-21-22(18-33)35-24(31-21)26(4,5)6/h16,34H,10-15,17-18H2,1-9H3. The maximum absolute atomic E-state index is 5.22. The minimum Gasteiger partial charge on any atom is -0.293 e. The molecule has 0 amide bonds. The van der Waals surface area contributed by atoms with Gasteiger partial charge in [-0.3, -0.25) is 9.80 Å². The molecule has 7 heteroatoms. The van der Waals surface area contributed by atoms with E-state index in [1.54, 1.807) is 0 Å². The van der Waals surface area contributed by atoms with Gasteiger partial charge in [-0.15, -0.1) is 11.3 Å². The fourth-order valence-electron chi connectivity index (χ4n) is 4.98. The summed E-state index contributed by atoms with van der Waals surface area (Å²) >= 11 is 7.11. The lowest BCUT2D eigenvalue weighted by molar-refractivity contribution is 0.0738. The van der Waals surface area contributed by atoms with Crippen molar-refractivity contribution in [3.63, 3.8) is 0 Å². The largest absolute Gasteiger partial charge is 0.293 e. The number of thiol groups is 1. The third-order valence-corrected chi connectivity index (χ3v) is 9.74. The van der Waals surface area contributed by atoms with Crippen LogP contribution in [0.3, 0.4) is 0 Å². The molecule has 4 heterocycles. The molecule has 0 bridgehead atoms. The Hall–Kier alpha value is -1.02. The van der Waals surface area contributed by atoms with Crippen molar-refractivity contribution >= 4 is 24.0 Å². The van der Waals surface area contributed by atoms with Crippen LogP contribution in [0.2, 0.25) is 0 Å². The molecule has 0 aromatic carbocycles. The summed E-state index contributed by atoms with van der Waals surface area (Å²) in [6.45, 7) is 24.4. The average molecular weight is 516 g/mol. The first-order valence-corrected chi connectivity index (χ1v) is 14.4. The smallest absolute Gasteiger partial charge is 0.133 e. The molecule has 0 saturated heterocycles. The zero-order valence-corrected chi connectivity index (χ0v) is 25.0. The SMILES string of the molecule is CC(C)(C)c1ncc2c(n1)CCN(C(C)(C)CCC(C)(S)N1CCc3nc(C(C)(C)C)sc3C1)C2. The monoisotopic (exact) mass is 515 g/mol. The van der Waals surface area contributed by atoms with Gasteiger partial charge >= 0.3 is 0 Å². The molecule has 1 atom stereocenters. The second-order valence-corrected chi connectivity index (χ2v) is 15.5. The molecule has 2 aliphatic rings. The third-order valence-electron chi connectivity index (χ3n) is 7.73. The lowest BCUT2D eigenvalue weighted by Crippen LogP contribution is -2.50. The molecule has 194 valence electrons. The first-order chi connectivity index (χ1) is 16.1. The van der Waals surface area contributed by atoms with Crippen molar-refractivity contribution in [1.82, 2.24) is 24.8 Å². The Morgan fingerprint density at radius 3 is 2.14 bits per heavy atom. The Balaban J connectivity index is 1.39. The van der Waals surface area contributed by atoms with Gasteiger partial charge in [0.25, 0.3) is 0 Å². The molecule has 4 rings (SSSR count). The Bertz CT molecular complexity index is 1060. The van der Waals surface area contributed by atoms with Crippen LogP contribution in [0.5, 0.6) is 0 Å². The van der Waals surface area contributed by atoms with E-state index in [0.29, 0.717) is 0 Å². The molecule has 1 unspecified atom stereocenters. The Morgan fingerprint density at radius 2 is 1.49 bits per heavy atom. The van der Waals surface area contributed by atoms with Crippen molar-refractivity contribution in [2.75, 3.05) is 13.1 Å². The first kappa shape index (κ1) is 27.0. The van der Waals surface area contributed by atoms with Gasteiger partial charge in [0.2, 0.25) is 0 Å². The summed E-state index contributed by atoms with van der Waals surface area (Å²) in [6.07, 6.45) is 6.24. The molecular weight excluding hydrogens is 470 g/mol. The van der Waals surface area contributed by atoms with Crippen molar-refractivity contribution in [2.45, 2.75) is 122 Å². The summed E-state index contributed by atoms with van der Waals surface area (Å²) in [4.78, 5) is 21.1. The van der Waals surface area contributed by atoms with Crippen LogP contribution in [0, 0.1) is 0 Å². The summed E-state index contributed by atoms with van der Waals surface area (Å²) in [5, 5.41) is 1.26. The van der Waals surface area contributed by atoms with E-state index in [2.05, 4.69) is 78.3 Å². The second kappa shape index (κ2) is 9.38. The minimum absolute atomic E-state index is 0.00876. The predicted molar refractivity (Wildman–Crippen MR) is 150 cm³/mol. The van der Waals surface area contributed by atoms with Gasteiger partial charge in [0.15, 0.2) is 0 Å². The molecule has 2 aromatic rings. The number of rotatable bonds is 5. The molecular formula is C28H45N5S2. The number of hydrogen-bond donors (Lipinski definition) is 1.